The molecule has 2 saturated carbocycles. The molecule has 5 rings (SSSR count). The highest BCUT2D eigenvalue weighted by Gasteiger charge is 2.55. The van der Waals surface area contributed by atoms with Gasteiger partial charge < -0.3 is 9.80 Å². The van der Waals surface area contributed by atoms with Gasteiger partial charge in [-0.15, -0.1) is 0 Å². The molecule has 2 aliphatic carbocycles. The molecule has 2 amide bonds. The molecule has 0 unspecified atom stereocenters. The zero-order valence-corrected chi connectivity index (χ0v) is 24.1. The third-order valence-electron chi connectivity index (χ3n) is 9.31. The van der Waals surface area contributed by atoms with E-state index in [1.165, 1.54) is 18.1 Å². The summed E-state index contributed by atoms with van der Waals surface area (Å²) in [6, 6.07) is 15.3. The Labute approximate surface area is 232 Å². The number of Topliss-reactive ketones (excluding diaryl/α,β-unsaturated/α-hetero) is 1. The largest absolute Gasteiger partial charge is 0.321 e. The molecule has 0 atom stereocenters. The van der Waals surface area contributed by atoms with Gasteiger partial charge in [-0.05, 0) is 76.2 Å². The summed E-state index contributed by atoms with van der Waals surface area (Å²) in [5.41, 5.74) is 1.38. The molecule has 0 N–H and O–H groups in total. The first-order valence-corrected chi connectivity index (χ1v) is 15.9. The lowest BCUT2D eigenvalue weighted by atomic mass is 9.68. The molecule has 1 aromatic carbocycles. The minimum atomic E-state index is -3.46. The van der Waals surface area contributed by atoms with Crippen LogP contribution in [0.2, 0.25) is 0 Å². The van der Waals surface area contributed by atoms with Crippen molar-refractivity contribution >= 4 is 21.7 Å². The number of carbonyl (C=O) groups is 2. The van der Waals surface area contributed by atoms with Crippen molar-refractivity contribution in [2.45, 2.75) is 67.5 Å². The van der Waals surface area contributed by atoms with Gasteiger partial charge in [0.1, 0.15) is 0 Å². The minimum absolute atomic E-state index is 0.000509. The van der Waals surface area contributed by atoms with Gasteiger partial charge in [-0.3, -0.25) is 9.69 Å². The van der Waals surface area contributed by atoms with Crippen LogP contribution in [-0.2, 0) is 26.6 Å². The number of urea groups is 1. The fraction of sp³-hybridized carbons (Fsp3) is 0.567. The first kappa shape index (κ1) is 27.8. The zero-order valence-electron chi connectivity index (χ0n) is 23.3. The topological polar surface area (TPSA) is 90.9 Å². The predicted molar refractivity (Wildman–Crippen MR) is 150 cm³/mol. The fourth-order valence-electron chi connectivity index (χ4n) is 6.74. The summed E-state index contributed by atoms with van der Waals surface area (Å²) >= 11 is 0. The van der Waals surface area contributed by atoms with Crippen molar-refractivity contribution in [3.05, 3.63) is 59.8 Å². The van der Waals surface area contributed by atoms with Crippen molar-refractivity contribution in [1.82, 2.24) is 19.7 Å². The van der Waals surface area contributed by atoms with Gasteiger partial charge in [0, 0.05) is 30.6 Å². The maximum absolute atomic E-state index is 13.8. The Bertz CT molecular complexity index is 1320. The third-order valence-corrected chi connectivity index (χ3v) is 10.3. The SMILES string of the molecule is CN(C)C1(c2ccccc2)CCC2(CC1)CN(CC(=O)Cc1cccc(S(C)(=O)=O)n1)C(=O)N2CC1CCC1. The average Bonchev–Trinajstić information content (AvgIpc) is 3.11. The lowest BCUT2D eigenvalue weighted by Gasteiger charge is -2.51. The highest BCUT2D eigenvalue weighted by molar-refractivity contribution is 7.90. The fourth-order valence-corrected chi connectivity index (χ4v) is 7.35. The molecular weight excluding hydrogens is 512 g/mol. The molecular formula is C30H40N4O4S. The average molecular weight is 553 g/mol. The highest BCUT2D eigenvalue weighted by Crippen LogP contribution is 2.49. The third kappa shape index (κ3) is 5.48. The molecule has 1 aliphatic heterocycles. The van der Waals surface area contributed by atoms with Crippen molar-refractivity contribution in [2.75, 3.05) is 40.0 Å². The second-order valence-corrected chi connectivity index (χ2v) is 14.0. The number of benzene rings is 1. The van der Waals surface area contributed by atoms with Crippen LogP contribution in [0.3, 0.4) is 0 Å². The van der Waals surface area contributed by atoms with Crippen molar-refractivity contribution in [3.8, 4) is 0 Å². The number of nitrogens with zero attached hydrogens (tertiary/aromatic N) is 4. The van der Waals surface area contributed by atoms with E-state index in [4.69, 9.17) is 0 Å². The predicted octanol–water partition coefficient (Wildman–Crippen LogP) is 3.90. The first-order chi connectivity index (χ1) is 18.5. The molecule has 210 valence electrons. The molecule has 1 spiro atoms. The van der Waals surface area contributed by atoms with Crippen LogP contribution in [0.4, 0.5) is 4.79 Å². The van der Waals surface area contributed by atoms with Crippen LogP contribution in [0.5, 0.6) is 0 Å². The van der Waals surface area contributed by atoms with Gasteiger partial charge in [0.25, 0.3) is 0 Å². The number of pyridine rings is 1. The second-order valence-electron chi connectivity index (χ2n) is 12.0. The van der Waals surface area contributed by atoms with E-state index in [9.17, 15) is 18.0 Å². The maximum atomic E-state index is 13.8. The lowest BCUT2D eigenvalue weighted by molar-refractivity contribution is -0.119. The second kappa shape index (κ2) is 10.7. The normalized spacial score (nSPS) is 25.9. The zero-order chi connectivity index (χ0) is 27.8. The number of sulfone groups is 1. The van der Waals surface area contributed by atoms with E-state index >= 15 is 0 Å². The monoisotopic (exact) mass is 552 g/mol. The van der Waals surface area contributed by atoms with Crippen LogP contribution in [0.1, 0.15) is 56.2 Å². The summed E-state index contributed by atoms with van der Waals surface area (Å²) in [4.78, 5) is 37.2. The molecule has 3 aliphatic rings. The van der Waals surface area contributed by atoms with Crippen molar-refractivity contribution < 1.29 is 18.0 Å². The summed E-state index contributed by atoms with van der Waals surface area (Å²) in [6.07, 6.45) is 8.32. The molecule has 39 heavy (non-hydrogen) atoms. The Kier molecular flexibility index (Phi) is 7.59. The number of hydrogen-bond acceptors (Lipinski definition) is 6. The van der Waals surface area contributed by atoms with E-state index in [2.05, 4.69) is 59.2 Å². The number of rotatable bonds is 9. The van der Waals surface area contributed by atoms with Gasteiger partial charge in [-0.25, -0.2) is 18.2 Å². The molecule has 2 aromatic rings. The van der Waals surface area contributed by atoms with Crippen LogP contribution in [-0.4, -0.2) is 85.4 Å². The van der Waals surface area contributed by atoms with Gasteiger partial charge in [0.15, 0.2) is 20.6 Å². The van der Waals surface area contributed by atoms with Crippen LogP contribution >= 0.6 is 0 Å². The first-order valence-electron chi connectivity index (χ1n) is 14.0. The molecule has 2 heterocycles. The van der Waals surface area contributed by atoms with E-state index in [1.54, 1.807) is 17.0 Å². The lowest BCUT2D eigenvalue weighted by Crippen LogP contribution is -2.56. The van der Waals surface area contributed by atoms with Crippen molar-refractivity contribution in [2.24, 2.45) is 5.92 Å². The smallest absolute Gasteiger partial charge is 0.317 e. The molecule has 9 heteroatoms. The number of aromatic nitrogens is 1. The number of carbonyl (C=O) groups excluding carboxylic acids is 2. The van der Waals surface area contributed by atoms with Gasteiger partial charge >= 0.3 is 6.03 Å². The number of hydrogen-bond donors (Lipinski definition) is 0. The van der Waals surface area contributed by atoms with E-state index < -0.39 is 9.84 Å². The quantitative estimate of drug-likeness (QED) is 0.469. The van der Waals surface area contributed by atoms with Crippen LogP contribution in [0.25, 0.3) is 0 Å². The van der Waals surface area contributed by atoms with E-state index in [-0.39, 0.29) is 40.9 Å². The summed E-state index contributed by atoms with van der Waals surface area (Å²) in [5.74, 6) is 0.406. The molecule has 0 bridgehead atoms. The molecule has 1 aromatic heterocycles. The van der Waals surface area contributed by atoms with Gasteiger partial charge in [-0.1, -0.05) is 42.8 Å². The van der Waals surface area contributed by atoms with Gasteiger partial charge in [0.2, 0.25) is 0 Å². The Morgan fingerprint density at radius 1 is 1.03 bits per heavy atom. The molecule has 8 nitrogen and oxygen atoms in total. The molecule has 3 fully saturated rings. The van der Waals surface area contributed by atoms with E-state index in [0.29, 0.717) is 18.2 Å². The Morgan fingerprint density at radius 2 is 1.72 bits per heavy atom. The Hall–Kier alpha value is -2.78. The number of ketones is 1. The summed E-state index contributed by atoms with van der Waals surface area (Å²) in [7, 11) is 0.835. The van der Waals surface area contributed by atoms with Crippen LogP contribution in [0.15, 0.2) is 53.6 Å². The number of amides is 2. The Balaban J connectivity index is 1.33. The van der Waals surface area contributed by atoms with Crippen molar-refractivity contribution in [3.63, 3.8) is 0 Å². The van der Waals surface area contributed by atoms with Gasteiger partial charge in [0.05, 0.1) is 18.5 Å². The summed E-state index contributed by atoms with van der Waals surface area (Å²) in [5, 5.41) is -0.0410. The standard InChI is InChI=1S/C30H40N4O4S/c1-32(2)30(24-11-5-4-6-12-24)17-15-29(16-18-30)22-33(28(36)34(29)20-23-9-7-10-23)21-26(35)19-25-13-8-14-27(31-25)39(3,37)38/h4-6,8,11-14,23H,7,9-10,15-22H2,1-3H3. The molecule has 0 radical (unpaired) electrons. The van der Waals surface area contributed by atoms with Crippen LogP contribution < -0.4 is 0 Å². The Morgan fingerprint density at radius 3 is 2.31 bits per heavy atom. The summed E-state index contributed by atoms with van der Waals surface area (Å²) < 4.78 is 23.8. The van der Waals surface area contributed by atoms with Crippen LogP contribution in [0, 0.1) is 5.92 Å². The molecule has 1 saturated heterocycles. The minimum Gasteiger partial charge on any atom is -0.317 e. The van der Waals surface area contributed by atoms with Gasteiger partial charge in [-0.2, -0.15) is 0 Å². The van der Waals surface area contributed by atoms with Crippen molar-refractivity contribution in [1.29, 1.82) is 0 Å². The van der Waals surface area contributed by atoms with E-state index in [0.717, 1.165) is 51.3 Å². The summed E-state index contributed by atoms with van der Waals surface area (Å²) in [6.45, 7) is 1.34. The maximum Gasteiger partial charge on any atom is 0.321 e. The highest BCUT2D eigenvalue weighted by atomic mass is 32.2. The van der Waals surface area contributed by atoms with E-state index in [1.807, 2.05) is 0 Å².